The molecule has 0 aliphatic carbocycles. The molecule has 0 aliphatic rings. The summed E-state index contributed by atoms with van der Waals surface area (Å²) in [5.41, 5.74) is 2.48. The molecule has 0 radical (unpaired) electrons. The van der Waals surface area contributed by atoms with E-state index in [1.165, 1.54) is 0 Å². The molecule has 0 aliphatic heterocycles. The first-order chi connectivity index (χ1) is 12.1. The molecular formula is C17H16ClN5O2. The molecule has 7 nitrogen and oxygen atoms in total. The molecule has 3 rings (SSSR count). The smallest absolute Gasteiger partial charge is 0.320 e. The lowest BCUT2D eigenvalue weighted by atomic mass is 10.1. The monoisotopic (exact) mass is 357 g/mol. The number of anilines is 1. The maximum absolute atomic E-state index is 11.6. The molecule has 128 valence electrons. The second-order valence-electron chi connectivity index (χ2n) is 5.13. The van der Waals surface area contributed by atoms with Gasteiger partial charge >= 0.3 is 6.03 Å². The molecule has 8 heteroatoms. The number of amides is 2. The highest BCUT2D eigenvalue weighted by atomic mass is 35.5. The molecule has 3 aromatic rings. The summed E-state index contributed by atoms with van der Waals surface area (Å²) in [5.74, 6) is 0.989. The minimum atomic E-state index is -0.319. The van der Waals surface area contributed by atoms with Crippen molar-refractivity contribution < 1.29 is 9.53 Å². The van der Waals surface area contributed by atoms with Crippen LogP contribution >= 0.6 is 11.6 Å². The van der Waals surface area contributed by atoms with Crippen molar-refractivity contribution in [2.24, 2.45) is 0 Å². The van der Waals surface area contributed by atoms with Gasteiger partial charge in [-0.15, -0.1) is 0 Å². The number of carbonyl (C=O) groups excluding carboxylic acids is 1. The Morgan fingerprint density at radius 3 is 2.80 bits per heavy atom. The molecule has 0 spiro atoms. The van der Waals surface area contributed by atoms with Gasteiger partial charge in [-0.25, -0.2) is 14.8 Å². The zero-order valence-electron chi connectivity index (χ0n) is 13.7. The molecule has 0 bridgehead atoms. The first-order valence-corrected chi connectivity index (χ1v) is 8.01. The lowest BCUT2D eigenvalue weighted by molar-refractivity contribution is 0.252. The summed E-state index contributed by atoms with van der Waals surface area (Å²) in [6, 6.07) is 8.48. The lowest BCUT2D eigenvalue weighted by Gasteiger charge is -2.08. The Morgan fingerprint density at radius 2 is 2.08 bits per heavy atom. The van der Waals surface area contributed by atoms with Crippen LogP contribution in [0.2, 0.25) is 5.02 Å². The average Bonchev–Trinajstić information content (AvgIpc) is 2.61. The highest BCUT2D eigenvalue weighted by Gasteiger charge is 2.09. The summed E-state index contributed by atoms with van der Waals surface area (Å²) in [4.78, 5) is 24.8. The topological polar surface area (TPSA) is 89.0 Å². The lowest BCUT2D eigenvalue weighted by Crippen LogP contribution is -2.28. The molecule has 2 heterocycles. The number of carbonyl (C=O) groups is 1. The van der Waals surface area contributed by atoms with Gasteiger partial charge in [0.1, 0.15) is 17.1 Å². The largest absolute Gasteiger partial charge is 0.495 e. The van der Waals surface area contributed by atoms with Gasteiger partial charge < -0.3 is 10.1 Å². The molecule has 25 heavy (non-hydrogen) atoms. The standard InChI is InChI=1S/C17H16ClN5O2/c1-3-19-17(24)23-15-7-5-12-16(22-15)21-13(9-20-12)10-4-6-14(25-2)11(18)8-10/h4-9H,3H2,1-2H3,(H2,19,21,22,23,24). The van der Waals surface area contributed by atoms with Gasteiger partial charge in [-0.1, -0.05) is 11.6 Å². The summed E-state index contributed by atoms with van der Waals surface area (Å²) < 4.78 is 5.15. The fraction of sp³-hybridized carbons (Fsp3) is 0.176. The van der Waals surface area contributed by atoms with Crippen molar-refractivity contribution in [3.05, 3.63) is 41.6 Å². The number of fused-ring (bicyclic) bond motifs is 1. The van der Waals surface area contributed by atoms with Crippen LogP contribution in [-0.4, -0.2) is 34.6 Å². The van der Waals surface area contributed by atoms with Crippen LogP contribution in [0.5, 0.6) is 5.75 Å². The van der Waals surface area contributed by atoms with Gasteiger partial charge in [0.2, 0.25) is 0 Å². The van der Waals surface area contributed by atoms with Gasteiger partial charge in [0.25, 0.3) is 0 Å². The Morgan fingerprint density at radius 1 is 1.24 bits per heavy atom. The number of methoxy groups -OCH3 is 1. The van der Waals surface area contributed by atoms with Gasteiger partial charge in [0.15, 0.2) is 5.65 Å². The highest BCUT2D eigenvalue weighted by molar-refractivity contribution is 6.32. The van der Waals surface area contributed by atoms with Gasteiger partial charge in [-0.05, 0) is 37.3 Å². The maximum Gasteiger partial charge on any atom is 0.320 e. The number of hydrogen-bond acceptors (Lipinski definition) is 5. The molecule has 1 aromatic carbocycles. The zero-order chi connectivity index (χ0) is 17.8. The molecule has 2 N–H and O–H groups in total. The number of pyridine rings is 1. The molecule has 0 fully saturated rings. The van der Waals surface area contributed by atoms with E-state index in [0.29, 0.717) is 40.0 Å². The van der Waals surface area contributed by atoms with Crippen LogP contribution < -0.4 is 15.4 Å². The Kier molecular flexibility index (Phi) is 4.95. The Labute approximate surface area is 149 Å². The number of rotatable bonds is 4. The van der Waals surface area contributed by atoms with Crippen molar-refractivity contribution in [2.45, 2.75) is 6.92 Å². The predicted octanol–water partition coefficient (Wildman–Crippen LogP) is 3.50. The molecule has 0 saturated carbocycles. The summed E-state index contributed by atoms with van der Waals surface area (Å²) in [6.07, 6.45) is 1.65. The third kappa shape index (κ3) is 3.77. The van der Waals surface area contributed by atoms with E-state index in [1.54, 1.807) is 37.6 Å². The molecular weight excluding hydrogens is 342 g/mol. The number of nitrogens with zero attached hydrogens (tertiary/aromatic N) is 3. The van der Waals surface area contributed by atoms with Crippen molar-refractivity contribution in [1.29, 1.82) is 0 Å². The summed E-state index contributed by atoms with van der Waals surface area (Å²) in [7, 11) is 1.56. The molecule has 2 aromatic heterocycles. The second kappa shape index (κ2) is 7.31. The number of halogens is 1. The Balaban J connectivity index is 1.95. The number of ether oxygens (including phenoxy) is 1. The van der Waals surface area contributed by atoms with Crippen LogP contribution in [-0.2, 0) is 0 Å². The van der Waals surface area contributed by atoms with Gasteiger partial charge in [0.05, 0.1) is 24.0 Å². The normalized spacial score (nSPS) is 10.5. The Bertz CT molecular complexity index is 932. The van der Waals surface area contributed by atoms with Crippen molar-refractivity contribution in [1.82, 2.24) is 20.3 Å². The van der Waals surface area contributed by atoms with E-state index in [4.69, 9.17) is 16.3 Å². The summed E-state index contributed by atoms with van der Waals surface area (Å²) in [5, 5.41) is 5.78. The van der Waals surface area contributed by atoms with Crippen LogP contribution in [0.15, 0.2) is 36.5 Å². The fourth-order valence-electron chi connectivity index (χ4n) is 2.25. The number of nitrogens with one attached hydrogen (secondary N) is 2. The van der Waals surface area contributed by atoms with Crippen LogP contribution in [0.1, 0.15) is 6.92 Å². The zero-order valence-corrected chi connectivity index (χ0v) is 14.5. The molecule has 0 atom stereocenters. The van der Waals surface area contributed by atoms with Gasteiger partial charge in [-0.2, -0.15) is 0 Å². The third-order valence-corrected chi connectivity index (χ3v) is 3.73. The molecule has 0 unspecified atom stereocenters. The van der Waals surface area contributed by atoms with Crippen molar-refractivity contribution in [2.75, 3.05) is 19.0 Å². The first kappa shape index (κ1) is 16.9. The maximum atomic E-state index is 11.6. The number of hydrogen-bond donors (Lipinski definition) is 2. The minimum Gasteiger partial charge on any atom is -0.495 e. The van der Waals surface area contributed by atoms with Crippen molar-refractivity contribution in [3.8, 4) is 17.0 Å². The van der Waals surface area contributed by atoms with E-state index in [2.05, 4.69) is 25.6 Å². The van der Waals surface area contributed by atoms with Gasteiger partial charge in [-0.3, -0.25) is 10.3 Å². The van der Waals surface area contributed by atoms with E-state index in [1.807, 2.05) is 13.0 Å². The summed E-state index contributed by atoms with van der Waals surface area (Å²) >= 11 is 6.17. The SMILES string of the molecule is CCNC(=O)Nc1ccc2ncc(-c3ccc(OC)c(Cl)c3)nc2n1. The quantitative estimate of drug-likeness (QED) is 0.746. The van der Waals surface area contributed by atoms with Crippen LogP contribution in [0.3, 0.4) is 0 Å². The minimum absolute atomic E-state index is 0.319. The van der Waals surface area contributed by atoms with E-state index >= 15 is 0 Å². The number of aromatic nitrogens is 3. The van der Waals surface area contributed by atoms with Crippen LogP contribution in [0.25, 0.3) is 22.4 Å². The molecule has 2 amide bonds. The summed E-state index contributed by atoms with van der Waals surface area (Å²) in [6.45, 7) is 2.37. The van der Waals surface area contributed by atoms with E-state index in [9.17, 15) is 4.79 Å². The van der Waals surface area contributed by atoms with Crippen LogP contribution in [0, 0.1) is 0 Å². The molecule has 0 saturated heterocycles. The van der Waals surface area contributed by atoms with Crippen molar-refractivity contribution in [3.63, 3.8) is 0 Å². The van der Waals surface area contributed by atoms with Gasteiger partial charge in [0, 0.05) is 12.1 Å². The highest BCUT2D eigenvalue weighted by Crippen LogP contribution is 2.29. The first-order valence-electron chi connectivity index (χ1n) is 7.63. The number of benzene rings is 1. The third-order valence-electron chi connectivity index (χ3n) is 3.43. The predicted molar refractivity (Wildman–Crippen MR) is 97.0 cm³/mol. The number of urea groups is 1. The van der Waals surface area contributed by atoms with E-state index in [0.717, 1.165) is 5.56 Å². The second-order valence-corrected chi connectivity index (χ2v) is 5.54. The van der Waals surface area contributed by atoms with E-state index < -0.39 is 0 Å². The average molecular weight is 358 g/mol. The van der Waals surface area contributed by atoms with Crippen molar-refractivity contribution >= 4 is 34.6 Å². The van der Waals surface area contributed by atoms with Crippen LogP contribution in [0.4, 0.5) is 10.6 Å². The Hall–Kier alpha value is -2.93. The fourth-order valence-corrected chi connectivity index (χ4v) is 2.51. The van der Waals surface area contributed by atoms with E-state index in [-0.39, 0.29) is 6.03 Å².